The minimum atomic E-state index is 0.0465. The molecule has 1 aromatic rings. The fraction of sp³-hybridized carbons (Fsp3) is 0.533. The Morgan fingerprint density at radius 1 is 1.20 bits per heavy atom. The molecule has 5 nitrogen and oxygen atoms in total. The van der Waals surface area contributed by atoms with Gasteiger partial charge in [0.05, 0.1) is 0 Å². The molecule has 0 aromatic heterocycles. The van der Waals surface area contributed by atoms with Gasteiger partial charge in [-0.05, 0) is 38.1 Å². The van der Waals surface area contributed by atoms with E-state index in [1.807, 2.05) is 4.90 Å². The lowest BCUT2D eigenvalue weighted by atomic mass is 10.2. The molecule has 0 atom stereocenters. The highest BCUT2D eigenvalue weighted by Gasteiger charge is 2.22. The van der Waals surface area contributed by atoms with Gasteiger partial charge in [0.2, 0.25) is 0 Å². The van der Waals surface area contributed by atoms with Crippen molar-refractivity contribution >= 4 is 11.6 Å². The van der Waals surface area contributed by atoms with Gasteiger partial charge in [-0.25, -0.2) is 0 Å². The molecule has 110 valence electrons. The standard InChI is InChI=1S/C15H23N3O2/c1-12(2)17-7-9-18(10-8-17)15(19)11-20-14-5-3-13(16)4-6-14/h3-6,12H,7-11,16H2,1-2H3. The zero-order valence-corrected chi connectivity index (χ0v) is 12.2. The lowest BCUT2D eigenvalue weighted by molar-refractivity contribution is -0.135. The number of carbonyl (C=O) groups is 1. The number of ether oxygens (including phenoxy) is 1. The summed E-state index contributed by atoms with van der Waals surface area (Å²) in [6.07, 6.45) is 0. The van der Waals surface area contributed by atoms with Crippen molar-refractivity contribution in [1.82, 2.24) is 9.80 Å². The Labute approximate surface area is 120 Å². The molecule has 1 aliphatic heterocycles. The third-order valence-corrected chi connectivity index (χ3v) is 3.64. The molecule has 5 heteroatoms. The Kier molecular flexibility index (Phi) is 4.84. The summed E-state index contributed by atoms with van der Waals surface area (Å²) >= 11 is 0. The van der Waals surface area contributed by atoms with E-state index in [2.05, 4.69) is 18.7 Å². The van der Waals surface area contributed by atoms with Gasteiger partial charge in [-0.1, -0.05) is 0 Å². The summed E-state index contributed by atoms with van der Waals surface area (Å²) in [7, 11) is 0. The highest BCUT2D eigenvalue weighted by atomic mass is 16.5. The number of nitrogens with zero attached hydrogens (tertiary/aromatic N) is 2. The summed E-state index contributed by atoms with van der Waals surface area (Å²) < 4.78 is 5.49. The van der Waals surface area contributed by atoms with E-state index in [1.165, 1.54) is 0 Å². The Hall–Kier alpha value is -1.75. The van der Waals surface area contributed by atoms with Crippen LogP contribution >= 0.6 is 0 Å². The molecule has 0 aliphatic carbocycles. The van der Waals surface area contributed by atoms with Crippen LogP contribution in [0.25, 0.3) is 0 Å². The number of benzene rings is 1. The van der Waals surface area contributed by atoms with E-state index in [-0.39, 0.29) is 12.5 Å². The molecular formula is C15H23N3O2. The second kappa shape index (κ2) is 6.61. The monoisotopic (exact) mass is 277 g/mol. The zero-order chi connectivity index (χ0) is 14.5. The summed E-state index contributed by atoms with van der Waals surface area (Å²) in [6, 6.07) is 7.62. The van der Waals surface area contributed by atoms with Gasteiger partial charge in [-0.15, -0.1) is 0 Å². The second-order valence-corrected chi connectivity index (χ2v) is 5.37. The number of hydrogen-bond donors (Lipinski definition) is 1. The summed E-state index contributed by atoms with van der Waals surface area (Å²) in [5.41, 5.74) is 6.29. The van der Waals surface area contributed by atoms with Crippen LogP contribution in [0.15, 0.2) is 24.3 Å². The van der Waals surface area contributed by atoms with Crippen LogP contribution in [-0.2, 0) is 4.79 Å². The maximum atomic E-state index is 12.1. The van der Waals surface area contributed by atoms with Crippen LogP contribution in [0.3, 0.4) is 0 Å². The third-order valence-electron chi connectivity index (χ3n) is 3.64. The van der Waals surface area contributed by atoms with Crippen molar-refractivity contribution in [2.24, 2.45) is 0 Å². The molecular weight excluding hydrogens is 254 g/mol. The zero-order valence-electron chi connectivity index (χ0n) is 12.2. The Balaban J connectivity index is 1.77. The normalized spacial score (nSPS) is 16.4. The second-order valence-electron chi connectivity index (χ2n) is 5.37. The first-order valence-electron chi connectivity index (χ1n) is 7.06. The fourth-order valence-corrected chi connectivity index (χ4v) is 2.29. The van der Waals surface area contributed by atoms with E-state index in [9.17, 15) is 4.79 Å². The van der Waals surface area contributed by atoms with Gasteiger partial charge < -0.3 is 15.4 Å². The summed E-state index contributed by atoms with van der Waals surface area (Å²) in [6.45, 7) is 7.88. The number of carbonyl (C=O) groups excluding carboxylic acids is 1. The summed E-state index contributed by atoms with van der Waals surface area (Å²) in [5, 5.41) is 0. The van der Waals surface area contributed by atoms with Gasteiger partial charge in [0.15, 0.2) is 6.61 Å². The van der Waals surface area contributed by atoms with E-state index in [4.69, 9.17) is 10.5 Å². The van der Waals surface area contributed by atoms with Crippen LogP contribution in [0.1, 0.15) is 13.8 Å². The molecule has 1 amide bonds. The van der Waals surface area contributed by atoms with Crippen LogP contribution in [0.4, 0.5) is 5.69 Å². The topological polar surface area (TPSA) is 58.8 Å². The van der Waals surface area contributed by atoms with E-state index in [0.717, 1.165) is 26.2 Å². The van der Waals surface area contributed by atoms with Gasteiger partial charge in [0, 0.05) is 37.9 Å². The number of nitrogens with two attached hydrogens (primary N) is 1. The van der Waals surface area contributed by atoms with Crippen molar-refractivity contribution in [2.75, 3.05) is 38.5 Å². The van der Waals surface area contributed by atoms with Crippen LogP contribution in [0.5, 0.6) is 5.75 Å². The molecule has 0 radical (unpaired) electrons. The van der Waals surface area contributed by atoms with Crippen LogP contribution in [0.2, 0.25) is 0 Å². The minimum Gasteiger partial charge on any atom is -0.484 e. The first-order chi connectivity index (χ1) is 9.56. The molecule has 1 heterocycles. The van der Waals surface area contributed by atoms with E-state index in [0.29, 0.717) is 17.5 Å². The number of amides is 1. The van der Waals surface area contributed by atoms with Gasteiger partial charge in [-0.2, -0.15) is 0 Å². The fourth-order valence-electron chi connectivity index (χ4n) is 2.29. The number of nitrogen functional groups attached to an aromatic ring is 1. The molecule has 1 saturated heterocycles. The molecule has 0 saturated carbocycles. The van der Waals surface area contributed by atoms with Crippen LogP contribution in [-0.4, -0.2) is 54.5 Å². The number of rotatable bonds is 4. The highest BCUT2D eigenvalue weighted by molar-refractivity contribution is 5.77. The number of anilines is 1. The van der Waals surface area contributed by atoms with E-state index >= 15 is 0 Å². The average Bonchev–Trinajstić information content (AvgIpc) is 2.46. The molecule has 1 fully saturated rings. The predicted molar refractivity (Wildman–Crippen MR) is 79.6 cm³/mol. The van der Waals surface area contributed by atoms with Crippen molar-refractivity contribution in [3.63, 3.8) is 0 Å². The molecule has 1 aliphatic rings. The van der Waals surface area contributed by atoms with Gasteiger partial charge in [-0.3, -0.25) is 9.69 Å². The molecule has 0 unspecified atom stereocenters. The van der Waals surface area contributed by atoms with Crippen molar-refractivity contribution in [3.05, 3.63) is 24.3 Å². The van der Waals surface area contributed by atoms with Crippen molar-refractivity contribution in [1.29, 1.82) is 0 Å². The summed E-state index contributed by atoms with van der Waals surface area (Å²) in [5.74, 6) is 0.721. The molecule has 2 N–H and O–H groups in total. The largest absolute Gasteiger partial charge is 0.484 e. The molecule has 1 aromatic carbocycles. The van der Waals surface area contributed by atoms with Gasteiger partial charge in [0.1, 0.15) is 5.75 Å². The molecule has 2 rings (SSSR count). The molecule has 20 heavy (non-hydrogen) atoms. The van der Waals surface area contributed by atoms with Crippen LogP contribution in [0, 0.1) is 0 Å². The Morgan fingerprint density at radius 2 is 1.80 bits per heavy atom. The smallest absolute Gasteiger partial charge is 0.260 e. The lowest BCUT2D eigenvalue weighted by Crippen LogP contribution is -2.51. The third kappa shape index (κ3) is 3.87. The van der Waals surface area contributed by atoms with E-state index in [1.54, 1.807) is 24.3 Å². The SMILES string of the molecule is CC(C)N1CCN(C(=O)COc2ccc(N)cc2)CC1. The first kappa shape index (κ1) is 14.7. The minimum absolute atomic E-state index is 0.0465. The number of piperazine rings is 1. The Morgan fingerprint density at radius 3 is 2.35 bits per heavy atom. The lowest BCUT2D eigenvalue weighted by Gasteiger charge is -2.36. The van der Waals surface area contributed by atoms with E-state index < -0.39 is 0 Å². The Bertz CT molecular complexity index is 437. The summed E-state index contributed by atoms with van der Waals surface area (Å²) in [4.78, 5) is 16.3. The highest BCUT2D eigenvalue weighted by Crippen LogP contribution is 2.13. The quantitative estimate of drug-likeness (QED) is 0.840. The van der Waals surface area contributed by atoms with Crippen molar-refractivity contribution < 1.29 is 9.53 Å². The van der Waals surface area contributed by atoms with Crippen molar-refractivity contribution in [3.8, 4) is 5.75 Å². The average molecular weight is 277 g/mol. The maximum Gasteiger partial charge on any atom is 0.260 e. The van der Waals surface area contributed by atoms with Crippen LogP contribution < -0.4 is 10.5 Å². The van der Waals surface area contributed by atoms with Crippen molar-refractivity contribution in [2.45, 2.75) is 19.9 Å². The maximum absolute atomic E-state index is 12.1. The van der Waals surface area contributed by atoms with Gasteiger partial charge in [0.25, 0.3) is 5.91 Å². The van der Waals surface area contributed by atoms with Gasteiger partial charge >= 0.3 is 0 Å². The first-order valence-corrected chi connectivity index (χ1v) is 7.06. The molecule has 0 bridgehead atoms. The predicted octanol–water partition coefficient (Wildman–Crippen LogP) is 1.20. The molecule has 0 spiro atoms. The number of hydrogen-bond acceptors (Lipinski definition) is 4.